The number of nitrogens with zero attached hydrogens (tertiary/aromatic N) is 3. The van der Waals surface area contributed by atoms with Crippen LogP contribution < -0.4 is 0 Å². The maximum Gasteiger partial charge on any atom is 0.273 e. The maximum atomic E-state index is 12.5. The fraction of sp³-hybridized carbons (Fsp3) is 0.467. The van der Waals surface area contributed by atoms with Gasteiger partial charge in [0.15, 0.2) is 0 Å². The van der Waals surface area contributed by atoms with Crippen molar-refractivity contribution < 1.29 is 4.79 Å². The van der Waals surface area contributed by atoms with E-state index in [2.05, 4.69) is 29.1 Å². The van der Waals surface area contributed by atoms with E-state index in [-0.39, 0.29) is 5.91 Å². The predicted octanol–water partition coefficient (Wildman–Crippen LogP) is 3.04. The Morgan fingerprint density at radius 2 is 2.00 bits per heavy atom. The molecule has 1 aliphatic heterocycles. The van der Waals surface area contributed by atoms with E-state index in [1.54, 1.807) is 22.7 Å². The zero-order valence-electron chi connectivity index (χ0n) is 12.3. The van der Waals surface area contributed by atoms with Crippen molar-refractivity contribution in [2.45, 2.75) is 19.9 Å². The number of thiophene rings is 1. The Morgan fingerprint density at radius 1 is 1.24 bits per heavy atom. The van der Waals surface area contributed by atoms with Gasteiger partial charge in [-0.15, -0.1) is 11.3 Å². The topological polar surface area (TPSA) is 36.4 Å². The largest absolute Gasteiger partial charge is 0.335 e. The highest BCUT2D eigenvalue weighted by Gasteiger charge is 2.24. The van der Waals surface area contributed by atoms with Crippen molar-refractivity contribution in [1.82, 2.24) is 14.8 Å². The lowest BCUT2D eigenvalue weighted by molar-refractivity contribution is 0.0591. The van der Waals surface area contributed by atoms with Crippen molar-refractivity contribution in [1.29, 1.82) is 0 Å². The van der Waals surface area contributed by atoms with Gasteiger partial charge in [0.2, 0.25) is 0 Å². The van der Waals surface area contributed by atoms with E-state index in [1.807, 2.05) is 21.7 Å². The first-order valence-electron chi connectivity index (χ1n) is 7.16. The third kappa shape index (κ3) is 3.17. The number of piperazine rings is 1. The third-order valence-electron chi connectivity index (χ3n) is 3.82. The zero-order chi connectivity index (χ0) is 14.8. The van der Waals surface area contributed by atoms with Crippen molar-refractivity contribution in [3.63, 3.8) is 0 Å². The molecular weight excluding hydrogens is 302 g/mol. The predicted molar refractivity (Wildman–Crippen MR) is 88.0 cm³/mol. The molecular formula is C15H19N3OS2. The first-order valence-corrected chi connectivity index (χ1v) is 8.99. The summed E-state index contributed by atoms with van der Waals surface area (Å²) in [7, 11) is 0. The van der Waals surface area contributed by atoms with Crippen LogP contribution in [-0.4, -0.2) is 52.9 Å². The lowest BCUT2D eigenvalue weighted by Crippen LogP contribution is -2.50. The average molecular weight is 321 g/mol. The van der Waals surface area contributed by atoms with Gasteiger partial charge in [-0.25, -0.2) is 4.98 Å². The van der Waals surface area contributed by atoms with Crippen molar-refractivity contribution >= 4 is 28.6 Å². The van der Waals surface area contributed by atoms with E-state index in [1.165, 1.54) is 0 Å². The minimum absolute atomic E-state index is 0.0659. The van der Waals surface area contributed by atoms with Crippen LogP contribution in [0.25, 0.3) is 10.6 Å². The normalized spacial score (nSPS) is 16.6. The van der Waals surface area contributed by atoms with Crippen LogP contribution >= 0.6 is 22.7 Å². The van der Waals surface area contributed by atoms with Gasteiger partial charge < -0.3 is 4.90 Å². The molecule has 0 bridgehead atoms. The molecule has 0 spiro atoms. The van der Waals surface area contributed by atoms with Gasteiger partial charge in [0.1, 0.15) is 10.7 Å². The van der Waals surface area contributed by atoms with Crippen LogP contribution in [-0.2, 0) is 0 Å². The number of rotatable bonds is 3. The molecule has 0 aliphatic carbocycles. The molecule has 1 fully saturated rings. The minimum Gasteiger partial charge on any atom is -0.335 e. The first kappa shape index (κ1) is 14.7. The van der Waals surface area contributed by atoms with Gasteiger partial charge in [0.05, 0.1) is 0 Å². The average Bonchev–Trinajstić information content (AvgIpc) is 3.17. The highest BCUT2D eigenvalue weighted by molar-refractivity contribution is 7.14. The van der Waals surface area contributed by atoms with E-state index < -0.39 is 0 Å². The number of hydrogen-bond donors (Lipinski definition) is 0. The molecule has 1 saturated heterocycles. The second-order valence-electron chi connectivity index (χ2n) is 5.47. The number of aromatic nitrogens is 1. The molecule has 0 N–H and O–H groups in total. The summed E-state index contributed by atoms with van der Waals surface area (Å²) in [4.78, 5) is 21.3. The van der Waals surface area contributed by atoms with Crippen molar-refractivity contribution in [2.75, 3.05) is 26.2 Å². The number of carbonyl (C=O) groups is 1. The third-order valence-corrected chi connectivity index (χ3v) is 5.40. The molecule has 3 rings (SSSR count). The lowest BCUT2D eigenvalue weighted by atomic mass is 10.2. The molecule has 1 aliphatic rings. The Kier molecular flexibility index (Phi) is 4.37. The molecule has 1 amide bonds. The van der Waals surface area contributed by atoms with Crippen LogP contribution in [0.2, 0.25) is 0 Å². The van der Waals surface area contributed by atoms with E-state index in [4.69, 9.17) is 0 Å². The number of carbonyl (C=O) groups excluding carboxylic acids is 1. The molecule has 2 aromatic rings. The molecule has 0 unspecified atom stereocenters. The second kappa shape index (κ2) is 6.25. The molecule has 0 saturated carbocycles. The molecule has 0 radical (unpaired) electrons. The number of thiazole rings is 1. The second-order valence-corrected chi connectivity index (χ2v) is 7.11. The van der Waals surface area contributed by atoms with Gasteiger partial charge in [-0.1, -0.05) is 0 Å². The van der Waals surface area contributed by atoms with Gasteiger partial charge in [0, 0.05) is 48.5 Å². The molecule has 112 valence electrons. The summed E-state index contributed by atoms with van der Waals surface area (Å²) < 4.78 is 0. The lowest BCUT2D eigenvalue weighted by Gasteiger charge is -2.36. The summed E-state index contributed by atoms with van der Waals surface area (Å²) in [6.07, 6.45) is 0. The summed E-state index contributed by atoms with van der Waals surface area (Å²) in [5, 5.41) is 6.91. The van der Waals surface area contributed by atoms with E-state index in [0.717, 1.165) is 36.8 Å². The quantitative estimate of drug-likeness (QED) is 0.872. The Hall–Kier alpha value is -1.24. The molecule has 6 heteroatoms. The van der Waals surface area contributed by atoms with Crippen LogP contribution in [0.1, 0.15) is 24.3 Å². The fourth-order valence-corrected chi connectivity index (χ4v) is 4.00. The van der Waals surface area contributed by atoms with Gasteiger partial charge in [0.25, 0.3) is 5.91 Å². The summed E-state index contributed by atoms with van der Waals surface area (Å²) in [6.45, 7) is 7.89. The van der Waals surface area contributed by atoms with Gasteiger partial charge in [-0.3, -0.25) is 9.69 Å². The molecule has 2 aromatic heterocycles. The van der Waals surface area contributed by atoms with Crippen molar-refractivity contribution in [3.05, 3.63) is 27.9 Å². The summed E-state index contributed by atoms with van der Waals surface area (Å²) >= 11 is 3.19. The molecule has 3 heterocycles. The van der Waals surface area contributed by atoms with Crippen molar-refractivity contribution in [2.24, 2.45) is 0 Å². The van der Waals surface area contributed by atoms with Crippen LogP contribution in [0.5, 0.6) is 0 Å². The van der Waals surface area contributed by atoms with Gasteiger partial charge >= 0.3 is 0 Å². The van der Waals surface area contributed by atoms with E-state index >= 15 is 0 Å². The highest BCUT2D eigenvalue weighted by Crippen LogP contribution is 2.26. The minimum atomic E-state index is 0.0659. The Bertz CT molecular complexity index is 598. The van der Waals surface area contributed by atoms with E-state index in [9.17, 15) is 4.79 Å². The number of hydrogen-bond acceptors (Lipinski definition) is 5. The maximum absolute atomic E-state index is 12.5. The van der Waals surface area contributed by atoms with Crippen LogP contribution in [0.15, 0.2) is 22.2 Å². The molecule has 4 nitrogen and oxygen atoms in total. The monoisotopic (exact) mass is 321 g/mol. The standard InChI is InChI=1S/C15H19N3OS2/c1-11(2)17-4-6-18(7-5-17)15(19)13-10-21-14(16-13)12-3-8-20-9-12/h3,8-11H,4-7H2,1-2H3. The fourth-order valence-electron chi connectivity index (χ4n) is 2.49. The number of amides is 1. The molecule has 21 heavy (non-hydrogen) atoms. The molecule has 0 atom stereocenters. The first-order chi connectivity index (χ1) is 10.1. The highest BCUT2D eigenvalue weighted by atomic mass is 32.1. The Morgan fingerprint density at radius 3 is 2.62 bits per heavy atom. The van der Waals surface area contributed by atoms with Crippen LogP contribution in [0.4, 0.5) is 0 Å². The SMILES string of the molecule is CC(C)N1CCN(C(=O)c2csc(-c3ccsc3)n2)CC1. The Labute approximate surface area is 133 Å². The Balaban J connectivity index is 1.66. The molecule has 0 aromatic carbocycles. The van der Waals surface area contributed by atoms with Crippen LogP contribution in [0.3, 0.4) is 0 Å². The van der Waals surface area contributed by atoms with Gasteiger partial charge in [-0.05, 0) is 25.3 Å². The van der Waals surface area contributed by atoms with E-state index in [0.29, 0.717) is 11.7 Å². The van der Waals surface area contributed by atoms with Crippen LogP contribution in [0, 0.1) is 0 Å². The summed E-state index contributed by atoms with van der Waals surface area (Å²) in [6, 6.07) is 2.59. The summed E-state index contributed by atoms with van der Waals surface area (Å²) in [5.74, 6) is 0.0659. The van der Waals surface area contributed by atoms with Gasteiger partial charge in [-0.2, -0.15) is 11.3 Å². The zero-order valence-corrected chi connectivity index (χ0v) is 13.9. The smallest absolute Gasteiger partial charge is 0.273 e. The summed E-state index contributed by atoms with van der Waals surface area (Å²) in [5.41, 5.74) is 1.69. The van der Waals surface area contributed by atoms with Crippen molar-refractivity contribution in [3.8, 4) is 10.6 Å².